The second-order valence-corrected chi connectivity index (χ2v) is 3.96. The third-order valence-corrected chi connectivity index (χ3v) is 2.73. The van der Waals surface area contributed by atoms with E-state index in [0.29, 0.717) is 13.2 Å². The Labute approximate surface area is 106 Å². The van der Waals surface area contributed by atoms with E-state index >= 15 is 0 Å². The molecule has 0 fully saturated rings. The van der Waals surface area contributed by atoms with E-state index in [0.717, 1.165) is 22.7 Å². The van der Waals surface area contributed by atoms with Crippen LogP contribution in [0.1, 0.15) is 5.56 Å². The second kappa shape index (κ2) is 4.92. The number of hydrogen-bond donors (Lipinski definition) is 0. The van der Waals surface area contributed by atoms with Crippen molar-refractivity contribution in [2.24, 2.45) is 4.99 Å². The molecule has 0 atom stereocenters. The van der Waals surface area contributed by atoms with Gasteiger partial charge in [-0.25, -0.2) is 0 Å². The number of benzene rings is 2. The summed E-state index contributed by atoms with van der Waals surface area (Å²) in [5.74, 6) is 1.63. The van der Waals surface area contributed by atoms with Crippen LogP contribution in [0.2, 0.25) is 0 Å². The fourth-order valence-corrected chi connectivity index (χ4v) is 1.85. The Morgan fingerprint density at radius 3 is 2.33 bits per heavy atom. The normalized spacial score (nSPS) is 13.8. The lowest BCUT2D eigenvalue weighted by Gasteiger charge is -2.13. The highest BCUT2D eigenvalue weighted by molar-refractivity contribution is 5.86. The van der Waals surface area contributed by atoms with Crippen LogP contribution < -0.4 is 9.47 Å². The molecule has 0 aromatic heterocycles. The summed E-state index contributed by atoms with van der Waals surface area (Å²) in [6.07, 6.45) is 1.81. The Hall–Kier alpha value is -2.29. The minimum atomic E-state index is 0.515. The summed E-state index contributed by atoms with van der Waals surface area (Å²) >= 11 is 0. The van der Waals surface area contributed by atoms with E-state index in [2.05, 4.69) is 4.99 Å². The van der Waals surface area contributed by atoms with E-state index in [1.165, 1.54) is 0 Å². The number of nitrogens with zero attached hydrogens (tertiary/aromatic N) is 1. The summed E-state index contributed by atoms with van der Waals surface area (Å²) in [6, 6.07) is 15.6. The molecule has 3 heteroatoms. The number of rotatable bonds is 0. The third kappa shape index (κ3) is 2.20. The Morgan fingerprint density at radius 1 is 0.778 bits per heavy atom. The summed E-state index contributed by atoms with van der Waals surface area (Å²) in [5.41, 5.74) is 1.82. The summed E-state index contributed by atoms with van der Waals surface area (Å²) < 4.78 is 11.3. The molecule has 0 spiro atoms. The zero-order valence-corrected chi connectivity index (χ0v) is 9.87. The standard InChI is InChI=1S/C15H13NO2/c1-3-7-14-12(5-1)11-16-13-6-2-4-8-15(13)18-10-9-17-14/h1-8,11H,9-10H2. The predicted molar refractivity (Wildman–Crippen MR) is 71.1 cm³/mol. The second-order valence-electron chi connectivity index (χ2n) is 3.96. The van der Waals surface area contributed by atoms with E-state index in [4.69, 9.17) is 9.47 Å². The Morgan fingerprint density at radius 2 is 1.44 bits per heavy atom. The molecule has 1 aliphatic heterocycles. The molecule has 0 radical (unpaired) electrons. The maximum absolute atomic E-state index is 5.66. The minimum absolute atomic E-state index is 0.515. The number of para-hydroxylation sites is 3. The monoisotopic (exact) mass is 239 g/mol. The summed E-state index contributed by atoms with van der Waals surface area (Å²) in [7, 11) is 0. The van der Waals surface area contributed by atoms with E-state index in [9.17, 15) is 0 Å². The van der Waals surface area contributed by atoms with Crippen molar-refractivity contribution in [2.75, 3.05) is 13.2 Å². The molecule has 1 heterocycles. The van der Waals surface area contributed by atoms with Gasteiger partial charge in [-0.05, 0) is 24.3 Å². The average Bonchev–Trinajstić information content (AvgIpc) is 2.44. The van der Waals surface area contributed by atoms with E-state index in [-0.39, 0.29) is 0 Å². The predicted octanol–water partition coefficient (Wildman–Crippen LogP) is 3.21. The molecule has 1 aliphatic rings. The van der Waals surface area contributed by atoms with Gasteiger partial charge in [0.15, 0.2) is 0 Å². The van der Waals surface area contributed by atoms with Gasteiger partial charge < -0.3 is 9.47 Å². The van der Waals surface area contributed by atoms with E-state index in [1.54, 1.807) is 0 Å². The quantitative estimate of drug-likeness (QED) is 0.706. The lowest BCUT2D eigenvalue weighted by molar-refractivity contribution is 0.217. The molecular weight excluding hydrogens is 226 g/mol. The highest BCUT2D eigenvalue weighted by Crippen LogP contribution is 2.28. The van der Waals surface area contributed by atoms with Crippen LogP contribution in [0, 0.1) is 0 Å². The number of aliphatic imine (C=N–C) groups is 1. The first kappa shape index (κ1) is 10.8. The van der Waals surface area contributed by atoms with Crippen LogP contribution in [0.3, 0.4) is 0 Å². The van der Waals surface area contributed by atoms with Crippen LogP contribution in [-0.4, -0.2) is 19.4 Å². The van der Waals surface area contributed by atoms with Gasteiger partial charge in [-0.1, -0.05) is 24.3 Å². The lowest BCUT2D eigenvalue weighted by atomic mass is 10.2. The van der Waals surface area contributed by atoms with Crippen molar-refractivity contribution in [3.63, 3.8) is 0 Å². The summed E-state index contributed by atoms with van der Waals surface area (Å²) in [4.78, 5) is 4.46. The molecule has 0 unspecified atom stereocenters. The SMILES string of the molecule is C1=Nc2ccccc2OCCOc2ccccc21. The third-order valence-electron chi connectivity index (χ3n) is 2.73. The van der Waals surface area contributed by atoms with Crippen molar-refractivity contribution in [2.45, 2.75) is 0 Å². The molecule has 2 aromatic carbocycles. The van der Waals surface area contributed by atoms with Crippen molar-refractivity contribution in [3.8, 4) is 11.5 Å². The van der Waals surface area contributed by atoms with Crippen LogP contribution in [0.5, 0.6) is 11.5 Å². The van der Waals surface area contributed by atoms with Crippen LogP contribution in [0.25, 0.3) is 0 Å². The lowest BCUT2D eigenvalue weighted by Crippen LogP contribution is -2.10. The van der Waals surface area contributed by atoms with Gasteiger partial charge in [0.2, 0.25) is 0 Å². The van der Waals surface area contributed by atoms with Crippen molar-refractivity contribution in [1.82, 2.24) is 0 Å². The first-order chi connectivity index (χ1) is 8.93. The zero-order valence-electron chi connectivity index (χ0n) is 9.87. The maximum atomic E-state index is 5.66. The molecule has 90 valence electrons. The Balaban J connectivity index is 2.04. The number of hydrogen-bond acceptors (Lipinski definition) is 3. The molecule has 0 saturated carbocycles. The molecule has 2 aromatic rings. The van der Waals surface area contributed by atoms with Crippen molar-refractivity contribution < 1.29 is 9.47 Å². The first-order valence-electron chi connectivity index (χ1n) is 5.91. The van der Waals surface area contributed by atoms with Gasteiger partial charge >= 0.3 is 0 Å². The molecule has 0 N–H and O–H groups in total. The minimum Gasteiger partial charge on any atom is -0.489 e. The van der Waals surface area contributed by atoms with Gasteiger partial charge in [0, 0.05) is 11.8 Å². The molecule has 0 bridgehead atoms. The highest BCUT2D eigenvalue weighted by Gasteiger charge is 2.06. The smallest absolute Gasteiger partial charge is 0.145 e. The molecular formula is C15H13NO2. The van der Waals surface area contributed by atoms with Gasteiger partial charge in [0.05, 0.1) is 0 Å². The largest absolute Gasteiger partial charge is 0.489 e. The Kier molecular flexibility index (Phi) is 2.96. The summed E-state index contributed by atoms with van der Waals surface area (Å²) in [6.45, 7) is 1.04. The first-order valence-corrected chi connectivity index (χ1v) is 5.91. The van der Waals surface area contributed by atoms with Gasteiger partial charge in [-0.3, -0.25) is 4.99 Å². The van der Waals surface area contributed by atoms with Crippen LogP contribution >= 0.6 is 0 Å². The van der Waals surface area contributed by atoms with Crippen molar-refractivity contribution in [3.05, 3.63) is 54.1 Å². The Bertz CT molecular complexity index is 527. The fraction of sp³-hybridized carbons (Fsp3) is 0.133. The molecule has 3 nitrogen and oxygen atoms in total. The average molecular weight is 239 g/mol. The maximum Gasteiger partial charge on any atom is 0.145 e. The van der Waals surface area contributed by atoms with E-state index in [1.807, 2.05) is 54.7 Å². The van der Waals surface area contributed by atoms with Gasteiger partial charge in [0.25, 0.3) is 0 Å². The van der Waals surface area contributed by atoms with Gasteiger partial charge in [-0.2, -0.15) is 0 Å². The zero-order chi connectivity index (χ0) is 12.2. The van der Waals surface area contributed by atoms with Crippen LogP contribution in [-0.2, 0) is 0 Å². The highest BCUT2D eigenvalue weighted by atomic mass is 16.5. The number of fused-ring (bicyclic) bond motifs is 2. The van der Waals surface area contributed by atoms with Gasteiger partial charge in [-0.15, -0.1) is 0 Å². The fourth-order valence-electron chi connectivity index (χ4n) is 1.85. The van der Waals surface area contributed by atoms with Crippen molar-refractivity contribution in [1.29, 1.82) is 0 Å². The molecule has 0 aliphatic carbocycles. The molecule has 18 heavy (non-hydrogen) atoms. The number of ether oxygens (including phenoxy) is 2. The molecule has 3 rings (SSSR count). The van der Waals surface area contributed by atoms with Crippen molar-refractivity contribution >= 4 is 11.9 Å². The summed E-state index contributed by atoms with van der Waals surface area (Å²) in [5, 5.41) is 0. The molecule has 0 saturated heterocycles. The van der Waals surface area contributed by atoms with Crippen LogP contribution in [0.4, 0.5) is 5.69 Å². The van der Waals surface area contributed by atoms with E-state index < -0.39 is 0 Å². The van der Waals surface area contributed by atoms with Gasteiger partial charge in [0.1, 0.15) is 30.4 Å². The molecule has 0 amide bonds. The topological polar surface area (TPSA) is 30.8 Å². The van der Waals surface area contributed by atoms with Crippen LogP contribution in [0.15, 0.2) is 53.5 Å².